The number of hydrogen-bond acceptors (Lipinski definition) is 3. The highest BCUT2D eigenvalue weighted by Gasteiger charge is 2.14. The lowest BCUT2D eigenvalue weighted by Gasteiger charge is -2.18. The number of carbonyl (C=O) groups is 1. The second kappa shape index (κ2) is 4.99. The summed E-state index contributed by atoms with van der Waals surface area (Å²) in [4.78, 5) is 11.2. The maximum atomic E-state index is 11.2. The van der Waals surface area contributed by atoms with Gasteiger partial charge in [0.1, 0.15) is 0 Å². The normalized spacial score (nSPS) is 14.2. The van der Waals surface area contributed by atoms with Crippen LogP contribution in [0.15, 0.2) is 18.2 Å². The first-order valence-corrected chi connectivity index (χ1v) is 5.66. The topological polar surface area (TPSA) is 67.1 Å². The Labute approximate surface area is 95.2 Å². The molecule has 1 aromatic rings. The van der Waals surface area contributed by atoms with E-state index in [1.54, 1.807) is 0 Å². The van der Waals surface area contributed by atoms with Crippen LogP contribution in [0.2, 0.25) is 0 Å². The molecule has 0 spiro atoms. The second-order valence-corrected chi connectivity index (χ2v) is 3.99. The lowest BCUT2D eigenvalue weighted by Crippen LogP contribution is -2.19. The summed E-state index contributed by atoms with van der Waals surface area (Å²) in [5.74, 6) is 0.108. The number of rotatable bonds is 4. The lowest BCUT2D eigenvalue weighted by molar-refractivity contribution is -0.116. The molecule has 0 aliphatic carbocycles. The lowest BCUT2D eigenvalue weighted by atomic mass is 10.0. The van der Waals surface area contributed by atoms with Crippen molar-refractivity contribution in [3.63, 3.8) is 0 Å². The third-order valence-corrected chi connectivity index (χ3v) is 2.71. The Morgan fingerprint density at radius 2 is 2.25 bits per heavy atom. The van der Waals surface area contributed by atoms with Crippen LogP contribution in [0, 0.1) is 0 Å². The van der Waals surface area contributed by atoms with Crippen LogP contribution >= 0.6 is 0 Å². The number of anilines is 2. The van der Waals surface area contributed by atoms with Gasteiger partial charge in [0.05, 0.1) is 0 Å². The summed E-state index contributed by atoms with van der Waals surface area (Å²) in [6.07, 6.45) is 2.38. The van der Waals surface area contributed by atoms with E-state index >= 15 is 0 Å². The molecular weight excluding hydrogens is 202 g/mol. The van der Waals surface area contributed by atoms with Crippen molar-refractivity contribution in [1.29, 1.82) is 0 Å². The number of carbonyl (C=O) groups excluding carboxylic acids is 1. The summed E-state index contributed by atoms with van der Waals surface area (Å²) < 4.78 is 0. The molecule has 0 bridgehead atoms. The minimum atomic E-state index is 0.108. The maximum absolute atomic E-state index is 11.2. The monoisotopic (exact) mass is 219 g/mol. The van der Waals surface area contributed by atoms with Gasteiger partial charge in [-0.1, -0.05) is 0 Å². The molecule has 0 aromatic heterocycles. The molecule has 4 N–H and O–H groups in total. The first kappa shape index (κ1) is 11.0. The summed E-state index contributed by atoms with van der Waals surface area (Å²) in [6, 6.07) is 6.05. The van der Waals surface area contributed by atoms with Gasteiger partial charge in [-0.25, -0.2) is 0 Å². The van der Waals surface area contributed by atoms with Gasteiger partial charge in [0.25, 0.3) is 0 Å². The Balaban J connectivity index is 2.04. The Morgan fingerprint density at radius 1 is 1.38 bits per heavy atom. The van der Waals surface area contributed by atoms with Gasteiger partial charge in [-0.15, -0.1) is 0 Å². The van der Waals surface area contributed by atoms with E-state index < -0.39 is 0 Å². The summed E-state index contributed by atoms with van der Waals surface area (Å²) in [6.45, 7) is 1.59. The molecule has 0 saturated carbocycles. The van der Waals surface area contributed by atoms with E-state index in [9.17, 15) is 4.79 Å². The quantitative estimate of drug-likeness (QED) is 0.669. The SMILES string of the molecule is NCCCNc1ccc2c(c1)CCC(=O)N2. The van der Waals surface area contributed by atoms with E-state index in [0.717, 1.165) is 30.8 Å². The minimum absolute atomic E-state index is 0.108. The van der Waals surface area contributed by atoms with Gasteiger partial charge in [0, 0.05) is 24.3 Å². The van der Waals surface area contributed by atoms with E-state index in [1.165, 1.54) is 5.56 Å². The number of benzene rings is 1. The number of nitrogens with two attached hydrogens (primary N) is 1. The summed E-state index contributed by atoms with van der Waals surface area (Å²) in [7, 11) is 0. The van der Waals surface area contributed by atoms with E-state index in [1.807, 2.05) is 12.1 Å². The van der Waals surface area contributed by atoms with Crippen LogP contribution in [0.3, 0.4) is 0 Å². The van der Waals surface area contributed by atoms with Crippen LogP contribution in [0.1, 0.15) is 18.4 Å². The van der Waals surface area contributed by atoms with Crippen molar-refractivity contribution in [3.8, 4) is 0 Å². The van der Waals surface area contributed by atoms with Crippen molar-refractivity contribution in [2.45, 2.75) is 19.3 Å². The van der Waals surface area contributed by atoms with Crippen molar-refractivity contribution in [2.75, 3.05) is 23.7 Å². The fourth-order valence-electron chi connectivity index (χ4n) is 1.83. The van der Waals surface area contributed by atoms with Crippen LogP contribution < -0.4 is 16.4 Å². The number of fused-ring (bicyclic) bond motifs is 1. The zero-order chi connectivity index (χ0) is 11.4. The van der Waals surface area contributed by atoms with Crippen molar-refractivity contribution < 1.29 is 4.79 Å². The van der Waals surface area contributed by atoms with Crippen molar-refractivity contribution in [2.24, 2.45) is 5.73 Å². The van der Waals surface area contributed by atoms with Gasteiger partial charge in [0.2, 0.25) is 5.91 Å². The molecule has 0 saturated heterocycles. The van der Waals surface area contributed by atoms with Gasteiger partial charge in [-0.05, 0) is 43.1 Å². The average molecular weight is 219 g/mol. The molecule has 1 aromatic carbocycles. The molecule has 86 valence electrons. The van der Waals surface area contributed by atoms with Crippen LogP contribution in [0.5, 0.6) is 0 Å². The van der Waals surface area contributed by atoms with Crippen LogP contribution in [0.25, 0.3) is 0 Å². The molecule has 0 fully saturated rings. The largest absolute Gasteiger partial charge is 0.385 e. The summed E-state index contributed by atoms with van der Waals surface area (Å²) in [5, 5.41) is 6.18. The zero-order valence-corrected chi connectivity index (χ0v) is 9.25. The Hall–Kier alpha value is -1.55. The highest BCUT2D eigenvalue weighted by atomic mass is 16.1. The molecule has 4 nitrogen and oxygen atoms in total. The Kier molecular flexibility index (Phi) is 3.41. The van der Waals surface area contributed by atoms with Crippen molar-refractivity contribution in [1.82, 2.24) is 0 Å². The van der Waals surface area contributed by atoms with E-state index in [4.69, 9.17) is 5.73 Å². The van der Waals surface area contributed by atoms with Crippen molar-refractivity contribution >= 4 is 17.3 Å². The molecule has 0 radical (unpaired) electrons. The summed E-state index contributed by atoms with van der Waals surface area (Å²) >= 11 is 0. The van der Waals surface area contributed by atoms with Gasteiger partial charge in [0.15, 0.2) is 0 Å². The summed E-state index contributed by atoms with van der Waals surface area (Å²) in [5.41, 5.74) is 8.68. The molecule has 4 heteroatoms. The van der Waals surface area contributed by atoms with Crippen molar-refractivity contribution in [3.05, 3.63) is 23.8 Å². The third kappa shape index (κ3) is 2.52. The van der Waals surface area contributed by atoms with Crippen LogP contribution in [0.4, 0.5) is 11.4 Å². The number of aryl methyl sites for hydroxylation is 1. The van der Waals surface area contributed by atoms with Crippen LogP contribution in [-0.4, -0.2) is 19.0 Å². The minimum Gasteiger partial charge on any atom is -0.385 e. The van der Waals surface area contributed by atoms with Crippen LogP contribution in [-0.2, 0) is 11.2 Å². The molecule has 1 heterocycles. The molecule has 1 aliphatic rings. The smallest absolute Gasteiger partial charge is 0.224 e. The predicted molar refractivity (Wildman–Crippen MR) is 65.6 cm³/mol. The highest BCUT2D eigenvalue weighted by Crippen LogP contribution is 2.25. The molecule has 2 rings (SSSR count). The Morgan fingerprint density at radius 3 is 3.06 bits per heavy atom. The first-order chi connectivity index (χ1) is 7.79. The average Bonchev–Trinajstić information content (AvgIpc) is 2.29. The molecule has 1 aliphatic heterocycles. The Bertz CT molecular complexity index is 390. The van der Waals surface area contributed by atoms with Gasteiger partial charge < -0.3 is 16.4 Å². The highest BCUT2D eigenvalue weighted by molar-refractivity contribution is 5.94. The molecule has 0 atom stereocenters. The first-order valence-electron chi connectivity index (χ1n) is 5.66. The number of hydrogen-bond donors (Lipinski definition) is 3. The standard InChI is InChI=1S/C12H17N3O/c13-6-1-7-14-10-3-4-11-9(8-10)2-5-12(16)15-11/h3-4,8,14H,1-2,5-7,13H2,(H,15,16). The number of nitrogens with one attached hydrogen (secondary N) is 2. The van der Waals surface area contributed by atoms with Gasteiger partial charge >= 0.3 is 0 Å². The van der Waals surface area contributed by atoms with E-state index in [-0.39, 0.29) is 5.91 Å². The molecular formula is C12H17N3O. The zero-order valence-electron chi connectivity index (χ0n) is 9.25. The molecule has 16 heavy (non-hydrogen) atoms. The fourth-order valence-corrected chi connectivity index (χ4v) is 1.83. The second-order valence-electron chi connectivity index (χ2n) is 3.99. The van der Waals surface area contributed by atoms with E-state index in [0.29, 0.717) is 13.0 Å². The van der Waals surface area contributed by atoms with Gasteiger partial charge in [-0.3, -0.25) is 4.79 Å². The van der Waals surface area contributed by atoms with E-state index in [2.05, 4.69) is 16.7 Å². The number of amides is 1. The third-order valence-electron chi connectivity index (χ3n) is 2.71. The molecule has 1 amide bonds. The fraction of sp³-hybridized carbons (Fsp3) is 0.417. The maximum Gasteiger partial charge on any atom is 0.224 e. The van der Waals surface area contributed by atoms with Gasteiger partial charge in [-0.2, -0.15) is 0 Å². The molecule has 0 unspecified atom stereocenters. The predicted octanol–water partition coefficient (Wildman–Crippen LogP) is 1.33.